The molecular formula is C20H16N2O5. The number of nitrogens with one attached hydrogen (secondary N) is 1. The van der Waals surface area contributed by atoms with E-state index in [9.17, 15) is 19.7 Å². The van der Waals surface area contributed by atoms with Gasteiger partial charge in [-0.1, -0.05) is 30.3 Å². The lowest BCUT2D eigenvalue weighted by Gasteiger charge is -2.10. The Morgan fingerprint density at radius 1 is 1.19 bits per heavy atom. The normalized spacial score (nSPS) is 12.2. The monoisotopic (exact) mass is 364 g/mol. The summed E-state index contributed by atoms with van der Waals surface area (Å²) in [6.07, 6.45) is 3.17. The van der Waals surface area contributed by atoms with Crippen molar-refractivity contribution in [1.82, 2.24) is 4.98 Å². The van der Waals surface area contributed by atoms with Crippen molar-refractivity contribution in [3.63, 3.8) is 0 Å². The van der Waals surface area contributed by atoms with Crippen molar-refractivity contribution in [2.75, 3.05) is 0 Å². The first-order valence-corrected chi connectivity index (χ1v) is 8.19. The van der Waals surface area contributed by atoms with Gasteiger partial charge in [-0.15, -0.1) is 0 Å². The molecule has 0 fully saturated rings. The highest BCUT2D eigenvalue weighted by molar-refractivity contribution is 6.10. The van der Waals surface area contributed by atoms with E-state index in [0.29, 0.717) is 11.1 Å². The predicted octanol–water partition coefficient (Wildman–Crippen LogP) is 3.90. The highest BCUT2D eigenvalue weighted by Crippen LogP contribution is 2.20. The van der Waals surface area contributed by atoms with Crippen molar-refractivity contribution in [2.24, 2.45) is 0 Å². The number of H-pyrrole nitrogens is 1. The van der Waals surface area contributed by atoms with E-state index in [1.807, 2.05) is 24.3 Å². The van der Waals surface area contributed by atoms with Crippen LogP contribution in [0.5, 0.6) is 0 Å². The van der Waals surface area contributed by atoms with Gasteiger partial charge in [-0.2, -0.15) is 0 Å². The number of rotatable bonds is 6. The van der Waals surface area contributed by atoms with Crippen LogP contribution in [0.2, 0.25) is 0 Å². The molecule has 0 spiro atoms. The van der Waals surface area contributed by atoms with Gasteiger partial charge in [-0.05, 0) is 24.6 Å². The molecule has 0 aliphatic carbocycles. The number of ketones is 1. The minimum atomic E-state index is -0.966. The first-order chi connectivity index (χ1) is 13.0. The fraction of sp³-hybridized carbons (Fsp3) is 0.100. The Labute approximate surface area is 154 Å². The summed E-state index contributed by atoms with van der Waals surface area (Å²) in [4.78, 5) is 37.8. The molecular weight excluding hydrogens is 348 g/mol. The number of non-ortho nitro benzene ring substituents is 1. The number of benzene rings is 2. The molecule has 0 saturated carbocycles. The maximum atomic E-state index is 12.6. The van der Waals surface area contributed by atoms with Gasteiger partial charge < -0.3 is 9.72 Å². The number of aromatic nitrogens is 1. The largest absolute Gasteiger partial charge is 0.451 e. The molecule has 0 radical (unpaired) electrons. The molecule has 2 aromatic carbocycles. The van der Waals surface area contributed by atoms with Crippen LogP contribution in [0.25, 0.3) is 17.0 Å². The standard InChI is InChI=1S/C20H16N2O5/c1-13(20(24)17-12-21-18-8-3-2-7-16(17)18)27-19(23)10-9-14-5-4-6-15(11-14)22(25)26/h2-13,21H,1H3/b10-9+/t13-/m1/s1. The summed E-state index contributed by atoms with van der Waals surface area (Å²) in [6, 6.07) is 13.2. The van der Waals surface area contributed by atoms with Gasteiger partial charge in [0, 0.05) is 40.9 Å². The number of nitrogens with zero attached hydrogens (tertiary/aromatic N) is 1. The summed E-state index contributed by atoms with van der Waals surface area (Å²) in [5.41, 5.74) is 1.68. The summed E-state index contributed by atoms with van der Waals surface area (Å²) in [5.74, 6) is -1.02. The lowest BCUT2D eigenvalue weighted by Crippen LogP contribution is -2.23. The maximum absolute atomic E-state index is 12.6. The first-order valence-electron chi connectivity index (χ1n) is 8.19. The zero-order valence-corrected chi connectivity index (χ0v) is 14.4. The molecule has 136 valence electrons. The molecule has 1 heterocycles. The minimum Gasteiger partial charge on any atom is -0.451 e. The number of nitro groups is 1. The van der Waals surface area contributed by atoms with Crippen LogP contribution in [-0.2, 0) is 9.53 Å². The number of esters is 1. The predicted molar refractivity (Wildman–Crippen MR) is 100 cm³/mol. The van der Waals surface area contributed by atoms with Gasteiger partial charge in [0.25, 0.3) is 5.69 Å². The van der Waals surface area contributed by atoms with Crippen molar-refractivity contribution in [3.8, 4) is 0 Å². The zero-order valence-electron chi connectivity index (χ0n) is 14.4. The smallest absolute Gasteiger partial charge is 0.331 e. The van der Waals surface area contributed by atoms with Crippen molar-refractivity contribution in [2.45, 2.75) is 13.0 Å². The SMILES string of the molecule is C[C@@H](OC(=O)/C=C/c1cccc([N+](=O)[O-])c1)C(=O)c1c[nH]c2ccccc12. The van der Waals surface area contributed by atoms with Crippen molar-refractivity contribution >= 4 is 34.4 Å². The molecule has 7 nitrogen and oxygen atoms in total. The molecule has 0 amide bonds. The maximum Gasteiger partial charge on any atom is 0.331 e. The van der Waals surface area contributed by atoms with Crippen LogP contribution >= 0.6 is 0 Å². The van der Waals surface area contributed by atoms with E-state index in [1.165, 1.54) is 31.2 Å². The molecule has 0 bridgehead atoms. The molecule has 0 saturated heterocycles. The Morgan fingerprint density at radius 3 is 2.74 bits per heavy atom. The summed E-state index contributed by atoms with van der Waals surface area (Å²) in [5, 5.41) is 11.5. The lowest BCUT2D eigenvalue weighted by molar-refractivity contribution is -0.384. The summed E-state index contributed by atoms with van der Waals surface area (Å²) < 4.78 is 5.16. The number of para-hydroxylation sites is 1. The van der Waals surface area contributed by atoms with E-state index in [0.717, 1.165) is 17.0 Å². The van der Waals surface area contributed by atoms with Gasteiger partial charge in [-0.25, -0.2) is 4.79 Å². The molecule has 0 unspecified atom stereocenters. The van der Waals surface area contributed by atoms with E-state index in [-0.39, 0.29) is 11.5 Å². The van der Waals surface area contributed by atoms with Crippen LogP contribution in [0.1, 0.15) is 22.8 Å². The molecule has 0 aliphatic rings. The van der Waals surface area contributed by atoms with E-state index >= 15 is 0 Å². The minimum absolute atomic E-state index is 0.0756. The van der Waals surface area contributed by atoms with Crippen LogP contribution in [0.15, 0.2) is 60.8 Å². The van der Waals surface area contributed by atoms with E-state index in [1.54, 1.807) is 12.3 Å². The Morgan fingerprint density at radius 2 is 1.96 bits per heavy atom. The van der Waals surface area contributed by atoms with Gasteiger partial charge in [0.2, 0.25) is 5.78 Å². The van der Waals surface area contributed by atoms with Gasteiger partial charge in [0.1, 0.15) is 0 Å². The van der Waals surface area contributed by atoms with E-state index in [2.05, 4.69) is 4.98 Å². The molecule has 27 heavy (non-hydrogen) atoms. The van der Waals surface area contributed by atoms with E-state index in [4.69, 9.17) is 4.74 Å². The fourth-order valence-electron chi connectivity index (χ4n) is 2.67. The molecule has 1 atom stereocenters. The lowest BCUT2D eigenvalue weighted by atomic mass is 10.1. The number of hydrogen-bond acceptors (Lipinski definition) is 5. The Balaban J connectivity index is 1.67. The summed E-state index contributed by atoms with van der Waals surface area (Å²) >= 11 is 0. The van der Waals surface area contributed by atoms with Crippen LogP contribution < -0.4 is 0 Å². The number of Topliss-reactive ketones (excluding diaryl/α,β-unsaturated/α-hetero) is 1. The second kappa shape index (κ2) is 7.65. The average Bonchev–Trinajstić information content (AvgIpc) is 3.10. The highest BCUT2D eigenvalue weighted by Gasteiger charge is 2.21. The van der Waals surface area contributed by atoms with Gasteiger partial charge in [-0.3, -0.25) is 14.9 Å². The number of carbonyl (C=O) groups excluding carboxylic acids is 2. The van der Waals surface area contributed by atoms with Crippen LogP contribution in [0.4, 0.5) is 5.69 Å². The molecule has 3 rings (SSSR count). The topological polar surface area (TPSA) is 102 Å². The van der Waals surface area contributed by atoms with Crippen molar-refractivity contribution in [1.29, 1.82) is 0 Å². The van der Waals surface area contributed by atoms with Gasteiger partial charge in [0.15, 0.2) is 6.10 Å². The van der Waals surface area contributed by atoms with Gasteiger partial charge in [0.05, 0.1) is 4.92 Å². The highest BCUT2D eigenvalue weighted by atomic mass is 16.6. The zero-order chi connectivity index (χ0) is 19.4. The third-order valence-corrected chi connectivity index (χ3v) is 4.01. The Kier molecular flexibility index (Phi) is 5.12. The fourth-order valence-corrected chi connectivity index (χ4v) is 2.67. The summed E-state index contributed by atoms with van der Waals surface area (Å²) in [7, 11) is 0. The average molecular weight is 364 g/mol. The van der Waals surface area contributed by atoms with Crippen LogP contribution in [0.3, 0.4) is 0 Å². The van der Waals surface area contributed by atoms with Gasteiger partial charge >= 0.3 is 5.97 Å². The molecule has 3 aromatic rings. The van der Waals surface area contributed by atoms with Crippen LogP contribution in [0, 0.1) is 10.1 Å². The number of ether oxygens (including phenoxy) is 1. The molecule has 1 aromatic heterocycles. The third kappa shape index (κ3) is 4.09. The Bertz CT molecular complexity index is 1050. The first kappa shape index (κ1) is 18.1. The second-order valence-electron chi connectivity index (χ2n) is 5.88. The van der Waals surface area contributed by atoms with E-state index < -0.39 is 17.0 Å². The van der Waals surface area contributed by atoms with Crippen LogP contribution in [-0.4, -0.2) is 27.8 Å². The number of aromatic amines is 1. The molecule has 7 heteroatoms. The number of nitro benzene ring substituents is 1. The second-order valence-corrected chi connectivity index (χ2v) is 5.88. The summed E-state index contributed by atoms with van der Waals surface area (Å²) in [6.45, 7) is 1.50. The number of hydrogen-bond donors (Lipinski definition) is 1. The number of fused-ring (bicyclic) bond motifs is 1. The van der Waals surface area contributed by atoms with Crippen molar-refractivity contribution < 1.29 is 19.2 Å². The Hall–Kier alpha value is -3.74. The molecule has 0 aliphatic heterocycles. The number of carbonyl (C=O) groups is 2. The third-order valence-electron chi connectivity index (χ3n) is 4.01. The molecule has 1 N–H and O–H groups in total. The van der Waals surface area contributed by atoms with Crippen molar-refractivity contribution in [3.05, 3.63) is 82.0 Å². The quantitative estimate of drug-likeness (QED) is 0.235.